The predicted octanol–water partition coefficient (Wildman–Crippen LogP) is 5.01. The van der Waals surface area contributed by atoms with Crippen molar-refractivity contribution in [2.45, 2.75) is 20.8 Å². The molecule has 32 heavy (non-hydrogen) atoms. The van der Waals surface area contributed by atoms with Crippen LogP contribution in [-0.4, -0.2) is 24.7 Å². The molecule has 3 rings (SSSR count). The summed E-state index contributed by atoms with van der Waals surface area (Å²) >= 11 is 6.01. The molecule has 0 aliphatic heterocycles. The molecule has 7 heteroatoms. The van der Waals surface area contributed by atoms with Crippen molar-refractivity contribution >= 4 is 29.7 Å². The molecule has 0 saturated heterocycles. The van der Waals surface area contributed by atoms with Gasteiger partial charge in [-0.1, -0.05) is 35.9 Å². The second-order valence-electron chi connectivity index (χ2n) is 7.17. The first-order valence-electron chi connectivity index (χ1n) is 9.93. The number of ether oxygens (including phenoxy) is 2. The van der Waals surface area contributed by atoms with Crippen molar-refractivity contribution in [3.63, 3.8) is 0 Å². The summed E-state index contributed by atoms with van der Waals surface area (Å²) in [6.45, 7) is 5.75. The minimum atomic E-state index is -0.539. The maximum atomic E-state index is 12.2. The molecule has 1 N–H and O–H groups in total. The lowest BCUT2D eigenvalue weighted by Crippen LogP contribution is -2.25. The van der Waals surface area contributed by atoms with Crippen LogP contribution in [0.1, 0.15) is 32.6 Å². The van der Waals surface area contributed by atoms with Crippen LogP contribution in [0.25, 0.3) is 0 Å². The van der Waals surface area contributed by atoms with E-state index in [-0.39, 0.29) is 12.5 Å². The minimum absolute atomic E-state index is 0.139. The van der Waals surface area contributed by atoms with E-state index in [0.29, 0.717) is 27.6 Å². The third kappa shape index (κ3) is 5.95. The van der Waals surface area contributed by atoms with Gasteiger partial charge in [0.15, 0.2) is 6.61 Å². The van der Waals surface area contributed by atoms with Crippen LogP contribution in [0.5, 0.6) is 11.5 Å². The highest BCUT2D eigenvalue weighted by molar-refractivity contribution is 6.33. The van der Waals surface area contributed by atoms with Gasteiger partial charge in [-0.25, -0.2) is 10.2 Å². The minimum Gasteiger partial charge on any atom is -0.483 e. The van der Waals surface area contributed by atoms with E-state index in [1.807, 2.05) is 32.9 Å². The molecule has 0 unspecified atom stereocenters. The Hall–Kier alpha value is -3.64. The highest BCUT2D eigenvalue weighted by Crippen LogP contribution is 2.25. The van der Waals surface area contributed by atoms with Gasteiger partial charge in [0.1, 0.15) is 11.5 Å². The Morgan fingerprint density at radius 1 is 0.969 bits per heavy atom. The Kier molecular flexibility index (Phi) is 7.63. The number of aryl methyl sites for hydroxylation is 2. The van der Waals surface area contributed by atoms with E-state index in [1.54, 1.807) is 48.5 Å². The van der Waals surface area contributed by atoms with Crippen molar-refractivity contribution in [2.75, 3.05) is 6.61 Å². The van der Waals surface area contributed by atoms with E-state index in [0.717, 1.165) is 16.7 Å². The lowest BCUT2D eigenvalue weighted by atomic mass is 10.1. The van der Waals surface area contributed by atoms with Gasteiger partial charge in [0.2, 0.25) is 0 Å². The molecular weight excluding hydrogens is 428 g/mol. The van der Waals surface area contributed by atoms with Crippen molar-refractivity contribution in [2.24, 2.45) is 5.10 Å². The van der Waals surface area contributed by atoms with Crippen molar-refractivity contribution in [3.05, 3.63) is 93.5 Å². The number of benzene rings is 3. The fourth-order valence-corrected chi connectivity index (χ4v) is 3.12. The summed E-state index contributed by atoms with van der Waals surface area (Å²) in [5.74, 6) is 0.176. The van der Waals surface area contributed by atoms with Crippen LogP contribution in [0.2, 0.25) is 5.02 Å². The first kappa shape index (κ1) is 23.0. The summed E-state index contributed by atoms with van der Waals surface area (Å²) in [4.78, 5) is 24.2. The van der Waals surface area contributed by atoms with Crippen molar-refractivity contribution in [1.82, 2.24) is 5.43 Å². The molecule has 0 aromatic heterocycles. The van der Waals surface area contributed by atoms with Crippen LogP contribution in [0.15, 0.2) is 65.8 Å². The Bertz CT molecular complexity index is 1160. The van der Waals surface area contributed by atoms with Crippen LogP contribution in [0.4, 0.5) is 0 Å². The zero-order valence-electron chi connectivity index (χ0n) is 18.0. The standard InChI is InChI=1S/C25H23ClN2O4/c1-16-8-9-17(2)24(18(16)3)31-15-23(29)28-27-14-19-10-12-20(13-11-19)32-25(30)21-6-4-5-7-22(21)26/h4-14H,15H2,1-3H3,(H,28,29). The molecule has 0 atom stereocenters. The summed E-state index contributed by atoms with van der Waals surface area (Å²) in [6, 6.07) is 17.3. The topological polar surface area (TPSA) is 77.0 Å². The highest BCUT2D eigenvalue weighted by Gasteiger charge is 2.12. The Labute approximate surface area is 191 Å². The maximum Gasteiger partial charge on any atom is 0.345 e. The zero-order valence-corrected chi connectivity index (χ0v) is 18.8. The SMILES string of the molecule is Cc1ccc(C)c(OCC(=O)NN=Cc2ccc(OC(=O)c3ccccc3Cl)cc2)c1C. The maximum absolute atomic E-state index is 12.2. The Balaban J connectivity index is 1.51. The second kappa shape index (κ2) is 10.6. The molecule has 0 heterocycles. The van der Waals surface area contributed by atoms with Crippen molar-refractivity contribution in [1.29, 1.82) is 0 Å². The molecule has 6 nitrogen and oxygen atoms in total. The quantitative estimate of drug-likeness (QED) is 0.237. The van der Waals surface area contributed by atoms with Gasteiger partial charge in [-0.2, -0.15) is 5.10 Å². The summed E-state index contributed by atoms with van der Waals surface area (Å²) in [5.41, 5.74) is 6.53. The summed E-state index contributed by atoms with van der Waals surface area (Å²) in [6.07, 6.45) is 1.49. The van der Waals surface area contributed by atoms with Crippen LogP contribution in [0.3, 0.4) is 0 Å². The van der Waals surface area contributed by atoms with Gasteiger partial charge in [-0.05, 0) is 79.4 Å². The van der Waals surface area contributed by atoms with E-state index in [1.165, 1.54) is 6.21 Å². The normalized spacial score (nSPS) is 10.8. The van der Waals surface area contributed by atoms with Gasteiger partial charge >= 0.3 is 5.97 Å². The van der Waals surface area contributed by atoms with E-state index in [4.69, 9.17) is 21.1 Å². The molecule has 0 saturated carbocycles. The molecule has 0 aliphatic carbocycles. The fourth-order valence-electron chi connectivity index (χ4n) is 2.91. The van der Waals surface area contributed by atoms with Gasteiger partial charge < -0.3 is 9.47 Å². The third-order valence-electron chi connectivity index (χ3n) is 4.81. The van der Waals surface area contributed by atoms with Crippen LogP contribution in [0, 0.1) is 20.8 Å². The molecule has 0 bridgehead atoms. The number of nitrogens with zero attached hydrogens (tertiary/aromatic N) is 1. The largest absolute Gasteiger partial charge is 0.483 e. The molecule has 0 fully saturated rings. The van der Waals surface area contributed by atoms with Crippen molar-refractivity contribution < 1.29 is 19.1 Å². The lowest BCUT2D eigenvalue weighted by Gasteiger charge is -2.13. The van der Waals surface area contributed by atoms with E-state index < -0.39 is 5.97 Å². The number of rotatable bonds is 7. The monoisotopic (exact) mass is 450 g/mol. The summed E-state index contributed by atoms with van der Waals surface area (Å²) in [5, 5.41) is 4.26. The van der Waals surface area contributed by atoms with Gasteiger partial charge in [0, 0.05) is 0 Å². The lowest BCUT2D eigenvalue weighted by molar-refractivity contribution is -0.123. The van der Waals surface area contributed by atoms with Crippen LogP contribution >= 0.6 is 11.6 Å². The number of hydrazone groups is 1. The number of halogens is 1. The van der Waals surface area contributed by atoms with E-state index in [2.05, 4.69) is 10.5 Å². The van der Waals surface area contributed by atoms with Gasteiger partial charge in [-0.3, -0.25) is 4.79 Å². The average molecular weight is 451 g/mol. The van der Waals surface area contributed by atoms with Gasteiger partial charge in [-0.15, -0.1) is 0 Å². The Morgan fingerprint density at radius 2 is 1.66 bits per heavy atom. The molecule has 3 aromatic carbocycles. The van der Waals surface area contributed by atoms with Gasteiger partial charge in [0.25, 0.3) is 5.91 Å². The zero-order chi connectivity index (χ0) is 23.1. The van der Waals surface area contributed by atoms with Gasteiger partial charge in [0.05, 0.1) is 16.8 Å². The van der Waals surface area contributed by atoms with E-state index in [9.17, 15) is 9.59 Å². The highest BCUT2D eigenvalue weighted by atomic mass is 35.5. The first-order chi connectivity index (χ1) is 15.3. The van der Waals surface area contributed by atoms with E-state index >= 15 is 0 Å². The molecular formula is C25H23ClN2O4. The number of hydrogen-bond donors (Lipinski definition) is 1. The van der Waals surface area contributed by atoms with Crippen LogP contribution < -0.4 is 14.9 Å². The first-order valence-corrected chi connectivity index (χ1v) is 10.3. The molecule has 0 radical (unpaired) electrons. The number of carbonyl (C=O) groups excluding carboxylic acids is 2. The predicted molar refractivity (Wildman–Crippen MR) is 125 cm³/mol. The summed E-state index contributed by atoms with van der Waals surface area (Å²) in [7, 11) is 0. The number of nitrogens with one attached hydrogen (secondary N) is 1. The second-order valence-corrected chi connectivity index (χ2v) is 7.58. The fraction of sp³-hybridized carbons (Fsp3) is 0.160. The smallest absolute Gasteiger partial charge is 0.345 e. The third-order valence-corrected chi connectivity index (χ3v) is 5.14. The average Bonchev–Trinajstić information content (AvgIpc) is 2.78. The number of carbonyl (C=O) groups is 2. The molecule has 0 spiro atoms. The number of hydrogen-bond acceptors (Lipinski definition) is 5. The van der Waals surface area contributed by atoms with Crippen molar-refractivity contribution in [3.8, 4) is 11.5 Å². The molecule has 0 aliphatic rings. The Morgan fingerprint density at radius 3 is 2.38 bits per heavy atom. The number of amides is 1. The summed E-state index contributed by atoms with van der Waals surface area (Å²) < 4.78 is 11.0. The molecule has 1 amide bonds. The number of esters is 1. The molecule has 164 valence electrons. The molecule has 3 aromatic rings. The van der Waals surface area contributed by atoms with Crippen LogP contribution in [-0.2, 0) is 4.79 Å².